The molecule has 0 aliphatic heterocycles. The SMILES string of the molecule is CCCCCCCCCCCCCC(CC)Nc1ccc(C(=O)OCC(C)C(=O)OCC)cc1. The molecule has 5 nitrogen and oxygen atoms in total. The molecule has 0 aromatic heterocycles. The lowest BCUT2D eigenvalue weighted by atomic mass is 10.0. The van der Waals surface area contributed by atoms with Crippen molar-refractivity contribution in [2.24, 2.45) is 5.92 Å². The first-order chi connectivity index (χ1) is 16.5. The molecule has 1 rings (SSSR count). The summed E-state index contributed by atoms with van der Waals surface area (Å²) in [5.41, 5.74) is 1.51. The lowest BCUT2D eigenvalue weighted by molar-refractivity contribution is -0.148. The zero-order valence-electron chi connectivity index (χ0n) is 22.2. The Balaban J connectivity index is 2.23. The summed E-state index contributed by atoms with van der Waals surface area (Å²) in [5.74, 6) is -1.24. The molecule has 1 N–H and O–H groups in total. The van der Waals surface area contributed by atoms with Crippen molar-refractivity contribution in [1.29, 1.82) is 0 Å². The van der Waals surface area contributed by atoms with Crippen molar-refractivity contribution in [3.8, 4) is 0 Å². The van der Waals surface area contributed by atoms with Crippen LogP contribution in [0.25, 0.3) is 0 Å². The summed E-state index contributed by atoms with van der Waals surface area (Å²) in [5, 5.41) is 3.60. The standard InChI is InChI=1S/C29H49NO4/c1-5-8-9-10-11-12-13-14-15-16-17-18-26(6-2)30-27-21-19-25(20-22-27)29(32)34-23-24(4)28(31)33-7-3/h19-22,24,26,30H,5-18,23H2,1-4H3. The molecule has 0 aliphatic rings. The van der Waals surface area contributed by atoms with Crippen LogP contribution in [0.5, 0.6) is 0 Å². The number of unbranched alkanes of at least 4 members (excludes halogenated alkanes) is 10. The molecule has 0 bridgehead atoms. The molecule has 0 fully saturated rings. The number of benzene rings is 1. The number of hydrogen-bond acceptors (Lipinski definition) is 5. The summed E-state index contributed by atoms with van der Waals surface area (Å²) in [7, 11) is 0. The average Bonchev–Trinajstić information content (AvgIpc) is 2.85. The number of rotatable bonds is 20. The Morgan fingerprint density at radius 2 is 1.35 bits per heavy atom. The zero-order valence-corrected chi connectivity index (χ0v) is 22.2. The van der Waals surface area contributed by atoms with Gasteiger partial charge < -0.3 is 14.8 Å². The highest BCUT2D eigenvalue weighted by molar-refractivity contribution is 5.90. The van der Waals surface area contributed by atoms with E-state index in [0.717, 1.165) is 12.1 Å². The molecule has 0 heterocycles. The highest BCUT2D eigenvalue weighted by atomic mass is 16.5. The number of esters is 2. The lowest BCUT2D eigenvalue weighted by Crippen LogP contribution is -2.22. The fourth-order valence-electron chi connectivity index (χ4n) is 4.01. The zero-order chi connectivity index (χ0) is 25.0. The van der Waals surface area contributed by atoms with Gasteiger partial charge in [-0.25, -0.2) is 4.79 Å². The predicted octanol–water partition coefficient (Wildman–Crippen LogP) is 7.93. The van der Waals surface area contributed by atoms with Crippen LogP contribution in [0.2, 0.25) is 0 Å². The van der Waals surface area contributed by atoms with Gasteiger partial charge in [0.2, 0.25) is 0 Å². The van der Waals surface area contributed by atoms with E-state index < -0.39 is 11.9 Å². The minimum Gasteiger partial charge on any atom is -0.466 e. The number of hydrogen-bond donors (Lipinski definition) is 1. The van der Waals surface area contributed by atoms with E-state index in [1.165, 1.54) is 77.0 Å². The Morgan fingerprint density at radius 1 is 0.794 bits per heavy atom. The molecule has 194 valence electrons. The van der Waals surface area contributed by atoms with Gasteiger partial charge in [0, 0.05) is 11.7 Å². The number of carbonyl (C=O) groups excluding carboxylic acids is 2. The first-order valence-corrected chi connectivity index (χ1v) is 13.7. The Morgan fingerprint density at radius 3 is 1.88 bits per heavy atom. The van der Waals surface area contributed by atoms with E-state index in [1.807, 2.05) is 12.1 Å². The van der Waals surface area contributed by atoms with Gasteiger partial charge in [-0.1, -0.05) is 84.5 Å². The van der Waals surface area contributed by atoms with Gasteiger partial charge in [0.25, 0.3) is 0 Å². The topological polar surface area (TPSA) is 64.6 Å². The van der Waals surface area contributed by atoms with Crippen LogP contribution in [-0.2, 0) is 14.3 Å². The molecule has 0 amide bonds. The van der Waals surface area contributed by atoms with Gasteiger partial charge in [0.05, 0.1) is 18.1 Å². The smallest absolute Gasteiger partial charge is 0.338 e. The van der Waals surface area contributed by atoms with E-state index in [4.69, 9.17) is 9.47 Å². The maximum atomic E-state index is 12.3. The van der Waals surface area contributed by atoms with Crippen molar-refractivity contribution in [3.05, 3.63) is 29.8 Å². The van der Waals surface area contributed by atoms with Gasteiger partial charge in [-0.05, 0) is 51.0 Å². The molecular weight excluding hydrogens is 426 g/mol. The van der Waals surface area contributed by atoms with E-state index in [9.17, 15) is 9.59 Å². The summed E-state index contributed by atoms with van der Waals surface area (Å²) in [6, 6.07) is 7.84. The molecule has 5 heteroatoms. The number of nitrogens with one attached hydrogen (secondary N) is 1. The van der Waals surface area contributed by atoms with E-state index >= 15 is 0 Å². The second-order valence-corrected chi connectivity index (χ2v) is 9.40. The molecular formula is C29H49NO4. The quantitative estimate of drug-likeness (QED) is 0.153. The molecule has 0 saturated heterocycles. The lowest BCUT2D eigenvalue weighted by Gasteiger charge is -2.18. The normalized spacial score (nSPS) is 12.7. The molecule has 0 radical (unpaired) electrons. The third kappa shape index (κ3) is 13.6. The van der Waals surface area contributed by atoms with Gasteiger partial charge >= 0.3 is 11.9 Å². The van der Waals surface area contributed by atoms with E-state index in [0.29, 0.717) is 18.2 Å². The maximum absolute atomic E-state index is 12.3. The van der Waals surface area contributed by atoms with Crippen LogP contribution in [0.3, 0.4) is 0 Å². The Kier molecular flexibility index (Phi) is 17.0. The maximum Gasteiger partial charge on any atom is 0.338 e. The molecule has 1 aromatic rings. The van der Waals surface area contributed by atoms with Gasteiger partial charge in [0.1, 0.15) is 6.61 Å². The fourth-order valence-corrected chi connectivity index (χ4v) is 4.01. The van der Waals surface area contributed by atoms with Crippen molar-refractivity contribution in [1.82, 2.24) is 0 Å². The average molecular weight is 476 g/mol. The van der Waals surface area contributed by atoms with E-state index in [-0.39, 0.29) is 12.6 Å². The summed E-state index contributed by atoms with van der Waals surface area (Å²) in [6.07, 6.45) is 17.3. The monoisotopic (exact) mass is 475 g/mol. The highest BCUT2D eigenvalue weighted by Crippen LogP contribution is 2.17. The van der Waals surface area contributed by atoms with Gasteiger partial charge in [-0.2, -0.15) is 0 Å². The fraction of sp³-hybridized carbons (Fsp3) is 0.724. The minimum absolute atomic E-state index is 0.0224. The highest BCUT2D eigenvalue weighted by Gasteiger charge is 2.17. The third-order valence-electron chi connectivity index (χ3n) is 6.29. The summed E-state index contributed by atoms with van der Waals surface area (Å²) < 4.78 is 10.2. The Hall–Kier alpha value is -2.04. The van der Waals surface area contributed by atoms with Crippen molar-refractivity contribution in [3.63, 3.8) is 0 Å². The van der Waals surface area contributed by atoms with Crippen LogP contribution in [-0.4, -0.2) is 31.2 Å². The van der Waals surface area contributed by atoms with Gasteiger partial charge in [0.15, 0.2) is 0 Å². The van der Waals surface area contributed by atoms with Crippen LogP contribution < -0.4 is 5.32 Å². The van der Waals surface area contributed by atoms with Crippen LogP contribution in [0.15, 0.2) is 24.3 Å². The van der Waals surface area contributed by atoms with Crippen molar-refractivity contribution >= 4 is 17.6 Å². The molecule has 0 spiro atoms. The molecule has 0 saturated carbocycles. The van der Waals surface area contributed by atoms with Crippen molar-refractivity contribution in [2.45, 2.75) is 117 Å². The van der Waals surface area contributed by atoms with E-state index in [2.05, 4.69) is 19.2 Å². The second kappa shape index (κ2) is 19.3. The van der Waals surface area contributed by atoms with Crippen LogP contribution in [0.1, 0.15) is 122 Å². The van der Waals surface area contributed by atoms with Crippen molar-refractivity contribution in [2.75, 3.05) is 18.5 Å². The van der Waals surface area contributed by atoms with Crippen molar-refractivity contribution < 1.29 is 19.1 Å². The first-order valence-electron chi connectivity index (χ1n) is 13.7. The van der Waals surface area contributed by atoms with Crippen LogP contribution in [0.4, 0.5) is 5.69 Å². The third-order valence-corrected chi connectivity index (χ3v) is 6.29. The molecule has 34 heavy (non-hydrogen) atoms. The molecule has 2 unspecified atom stereocenters. The molecule has 2 atom stereocenters. The van der Waals surface area contributed by atoms with Gasteiger partial charge in [-0.3, -0.25) is 4.79 Å². The second-order valence-electron chi connectivity index (χ2n) is 9.40. The largest absolute Gasteiger partial charge is 0.466 e. The minimum atomic E-state index is -0.467. The number of carbonyl (C=O) groups is 2. The Bertz CT molecular complexity index is 659. The predicted molar refractivity (Wildman–Crippen MR) is 141 cm³/mol. The molecule has 1 aromatic carbocycles. The van der Waals surface area contributed by atoms with Gasteiger partial charge in [-0.15, -0.1) is 0 Å². The van der Waals surface area contributed by atoms with E-state index in [1.54, 1.807) is 26.0 Å². The van der Waals surface area contributed by atoms with Crippen LogP contribution >= 0.6 is 0 Å². The first kappa shape index (κ1) is 30.0. The molecule has 0 aliphatic carbocycles. The number of ether oxygens (including phenoxy) is 2. The van der Waals surface area contributed by atoms with Crippen LogP contribution in [0, 0.1) is 5.92 Å². The summed E-state index contributed by atoms with van der Waals surface area (Å²) >= 11 is 0. The number of anilines is 1. The Labute approximate surface area is 208 Å². The summed E-state index contributed by atoms with van der Waals surface area (Å²) in [4.78, 5) is 23.9. The summed E-state index contributed by atoms with van der Waals surface area (Å²) in [6.45, 7) is 8.28.